The van der Waals surface area contributed by atoms with E-state index in [1.54, 1.807) is 6.92 Å². The van der Waals surface area contributed by atoms with Gasteiger partial charge in [0.05, 0.1) is 13.2 Å². The van der Waals surface area contributed by atoms with Gasteiger partial charge in [0.15, 0.2) is 0 Å². The zero-order valence-electron chi connectivity index (χ0n) is 12.0. The van der Waals surface area contributed by atoms with Crippen molar-refractivity contribution in [1.82, 2.24) is 10.2 Å². The number of ether oxygens (including phenoxy) is 1. The molecule has 0 aliphatic heterocycles. The minimum Gasteiger partial charge on any atom is -0.480 e. The molecule has 2 amide bonds. The van der Waals surface area contributed by atoms with Gasteiger partial charge in [-0.15, -0.1) is 0 Å². The lowest BCUT2D eigenvalue weighted by Gasteiger charge is -2.21. The fraction of sp³-hybridized carbons (Fsp3) is 0.750. The first-order valence-corrected chi connectivity index (χ1v) is 6.27. The van der Waals surface area contributed by atoms with Gasteiger partial charge in [0.25, 0.3) is 0 Å². The van der Waals surface area contributed by atoms with Crippen LogP contribution in [-0.2, 0) is 14.3 Å². The standard InChI is InChI=1S/C12H22N2O6/c1-8(15)6-7-14(2)12(19)13-9(11(17)18)4-5-10(16)20-3/h8-9,15H,4-7H2,1-3H3,(H,13,19)(H,17,18)/t8?,9-/m0/s1. The Hall–Kier alpha value is -1.83. The molecular weight excluding hydrogens is 268 g/mol. The van der Waals surface area contributed by atoms with Crippen LogP contribution in [0, 0.1) is 0 Å². The van der Waals surface area contributed by atoms with Crippen molar-refractivity contribution in [2.75, 3.05) is 20.7 Å². The second kappa shape index (κ2) is 9.13. The summed E-state index contributed by atoms with van der Waals surface area (Å²) < 4.78 is 4.41. The third-order valence-electron chi connectivity index (χ3n) is 2.69. The number of carbonyl (C=O) groups is 3. The summed E-state index contributed by atoms with van der Waals surface area (Å²) in [6.45, 7) is 1.90. The van der Waals surface area contributed by atoms with E-state index in [-0.39, 0.29) is 12.8 Å². The number of methoxy groups -OCH3 is 1. The largest absolute Gasteiger partial charge is 0.480 e. The van der Waals surface area contributed by atoms with Crippen LogP contribution in [0.2, 0.25) is 0 Å². The number of carboxylic acid groups (broad SMARTS) is 1. The second-order valence-electron chi connectivity index (χ2n) is 4.51. The van der Waals surface area contributed by atoms with Crippen LogP contribution in [0.25, 0.3) is 0 Å². The Morgan fingerprint density at radius 3 is 2.35 bits per heavy atom. The number of urea groups is 1. The Morgan fingerprint density at radius 1 is 1.30 bits per heavy atom. The van der Waals surface area contributed by atoms with Gasteiger partial charge >= 0.3 is 18.0 Å². The summed E-state index contributed by atoms with van der Waals surface area (Å²) in [7, 11) is 2.71. The zero-order chi connectivity index (χ0) is 15.7. The van der Waals surface area contributed by atoms with Crippen LogP contribution in [-0.4, -0.2) is 65.9 Å². The van der Waals surface area contributed by atoms with Gasteiger partial charge in [-0.2, -0.15) is 0 Å². The second-order valence-corrected chi connectivity index (χ2v) is 4.51. The minimum absolute atomic E-state index is 0.0437. The van der Waals surface area contributed by atoms with Crippen molar-refractivity contribution in [3.63, 3.8) is 0 Å². The normalized spacial score (nSPS) is 13.2. The first-order valence-electron chi connectivity index (χ1n) is 6.27. The van der Waals surface area contributed by atoms with E-state index in [1.807, 2.05) is 0 Å². The van der Waals surface area contributed by atoms with Crippen LogP contribution < -0.4 is 5.32 Å². The van der Waals surface area contributed by atoms with Crippen LogP contribution in [0.1, 0.15) is 26.2 Å². The highest BCUT2D eigenvalue weighted by Crippen LogP contribution is 2.01. The van der Waals surface area contributed by atoms with Crippen molar-refractivity contribution in [3.8, 4) is 0 Å². The van der Waals surface area contributed by atoms with Gasteiger partial charge in [-0.05, 0) is 19.8 Å². The number of esters is 1. The number of nitrogens with zero attached hydrogens (tertiary/aromatic N) is 1. The van der Waals surface area contributed by atoms with Crippen LogP contribution in [0.4, 0.5) is 4.79 Å². The van der Waals surface area contributed by atoms with Gasteiger partial charge in [0.1, 0.15) is 6.04 Å². The number of aliphatic hydroxyl groups excluding tert-OH is 1. The molecule has 1 unspecified atom stereocenters. The molecule has 116 valence electrons. The molecule has 0 saturated heterocycles. The molecule has 0 aliphatic rings. The number of hydrogen-bond donors (Lipinski definition) is 3. The highest BCUT2D eigenvalue weighted by atomic mass is 16.5. The van der Waals surface area contributed by atoms with E-state index in [2.05, 4.69) is 10.1 Å². The van der Waals surface area contributed by atoms with Gasteiger partial charge in [-0.1, -0.05) is 0 Å². The summed E-state index contributed by atoms with van der Waals surface area (Å²) in [5.74, 6) is -1.75. The molecule has 8 heteroatoms. The minimum atomic E-state index is -1.22. The first kappa shape index (κ1) is 18.2. The molecular formula is C12H22N2O6. The molecule has 0 radical (unpaired) electrons. The maximum absolute atomic E-state index is 11.7. The predicted molar refractivity (Wildman–Crippen MR) is 70.1 cm³/mol. The van der Waals surface area contributed by atoms with Gasteiger partial charge in [0.2, 0.25) is 0 Å². The van der Waals surface area contributed by atoms with Crippen molar-refractivity contribution >= 4 is 18.0 Å². The van der Waals surface area contributed by atoms with Crippen molar-refractivity contribution in [2.24, 2.45) is 0 Å². The fourth-order valence-electron chi connectivity index (χ4n) is 1.36. The zero-order valence-corrected chi connectivity index (χ0v) is 12.0. The topological polar surface area (TPSA) is 116 Å². The van der Waals surface area contributed by atoms with E-state index in [9.17, 15) is 14.4 Å². The number of hydrogen-bond acceptors (Lipinski definition) is 5. The Balaban J connectivity index is 4.32. The summed E-state index contributed by atoms with van der Waals surface area (Å²) in [6.07, 6.45) is -0.285. The van der Waals surface area contributed by atoms with Crippen molar-refractivity contribution in [3.05, 3.63) is 0 Å². The van der Waals surface area contributed by atoms with Crippen LogP contribution >= 0.6 is 0 Å². The number of amides is 2. The molecule has 0 spiro atoms. The van der Waals surface area contributed by atoms with Crippen LogP contribution in [0.3, 0.4) is 0 Å². The van der Waals surface area contributed by atoms with E-state index >= 15 is 0 Å². The van der Waals surface area contributed by atoms with Gasteiger partial charge < -0.3 is 25.2 Å². The molecule has 0 aliphatic carbocycles. The lowest BCUT2D eigenvalue weighted by atomic mass is 10.1. The average Bonchev–Trinajstić information content (AvgIpc) is 2.39. The quantitative estimate of drug-likeness (QED) is 0.533. The monoisotopic (exact) mass is 290 g/mol. The summed E-state index contributed by atoms with van der Waals surface area (Å²) in [5, 5.41) is 20.4. The number of carboxylic acids is 1. The average molecular weight is 290 g/mol. The summed E-state index contributed by atoms with van der Waals surface area (Å²) in [4.78, 5) is 35.0. The molecule has 0 fully saturated rings. The van der Waals surface area contributed by atoms with Crippen molar-refractivity contribution in [2.45, 2.75) is 38.3 Å². The third-order valence-corrected chi connectivity index (χ3v) is 2.69. The highest BCUT2D eigenvalue weighted by Gasteiger charge is 2.22. The number of nitrogens with one attached hydrogen (secondary N) is 1. The Labute approximate surface area is 117 Å². The van der Waals surface area contributed by atoms with Gasteiger partial charge in [-0.25, -0.2) is 9.59 Å². The van der Waals surface area contributed by atoms with E-state index in [0.29, 0.717) is 13.0 Å². The molecule has 20 heavy (non-hydrogen) atoms. The van der Waals surface area contributed by atoms with Gasteiger partial charge in [-0.3, -0.25) is 4.79 Å². The molecule has 0 rings (SSSR count). The Kier molecular flexibility index (Phi) is 8.30. The summed E-state index contributed by atoms with van der Waals surface area (Å²) >= 11 is 0. The highest BCUT2D eigenvalue weighted by molar-refractivity contribution is 5.83. The maximum Gasteiger partial charge on any atom is 0.326 e. The smallest absolute Gasteiger partial charge is 0.326 e. The number of aliphatic hydroxyl groups is 1. The molecule has 0 aromatic rings. The van der Waals surface area contributed by atoms with E-state index in [4.69, 9.17) is 10.2 Å². The SMILES string of the molecule is COC(=O)CC[C@H](NC(=O)N(C)CCC(C)O)C(=O)O. The van der Waals surface area contributed by atoms with Gasteiger partial charge in [0, 0.05) is 20.0 Å². The third kappa shape index (κ3) is 7.57. The predicted octanol–water partition coefficient (Wildman–Crippen LogP) is -0.195. The van der Waals surface area contributed by atoms with Crippen molar-refractivity contribution in [1.29, 1.82) is 0 Å². The number of aliphatic carboxylic acids is 1. The molecule has 8 nitrogen and oxygen atoms in total. The van der Waals surface area contributed by atoms with Crippen molar-refractivity contribution < 1.29 is 29.3 Å². The molecule has 0 bridgehead atoms. The summed E-state index contributed by atoms with van der Waals surface area (Å²) in [5.41, 5.74) is 0. The van der Waals surface area contributed by atoms with Crippen LogP contribution in [0.15, 0.2) is 0 Å². The summed E-state index contributed by atoms with van der Waals surface area (Å²) in [6, 6.07) is -1.72. The fourth-order valence-corrected chi connectivity index (χ4v) is 1.36. The van der Waals surface area contributed by atoms with E-state index in [1.165, 1.54) is 19.1 Å². The molecule has 0 saturated carbocycles. The molecule has 0 aromatic carbocycles. The van der Waals surface area contributed by atoms with Crippen LogP contribution in [0.5, 0.6) is 0 Å². The lowest BCUT2D eigenvalue weighted by Crippen LogP contribution is -2.47. The first-order chi connectivity index (χ1) is 9.27. The van der Waals surface area contributed by atoms with E-state index < -0.39 is 30.1 Å². The molecule has 0 heterocycles. The number of rotatable bonds is 8. The number of carbonyl (C=O) groups excluding carboxylic acids is 2. The molecule has 3 N–H and O–H groups in total. The lowest BCUT2D eigenvalue weighted by molar-refractivity contribution is -0.142. The maximum atomic E-state index is 11.7. The molecule has 0 aromatic heterocycles. The Bertz CT molecular complexity index is 345. The Morgan fingerprint density at radius 2 is 1.90 bits per heavy atom. The molecule has 2 atom stereocenters. The van der Waals surface area contributed by atoms with E-state index in [0.717, 1.165) is 0 Å².